The van der Waals surface area contributed by atoms with Gasteiger partial charge < -0.3 is 10.6 Å². The van der Waals surface area contributed by atoms with Crippen molar-refractivity contribution >= 4 is 18.3 Å². The van der Waals surface area contributed by atoms with E-state index in [1.165, 1.54) is 6.07 Å². The van der Waals surface area contributed by atoms with Gasteiger partial charge in [0.05, 0.1) is 5.56 Å². The third kappa shape index (κ3) is 4.90. The molecule has 0 aromatic heterocycles. The lowest BCUT2D eigenvalue weighted by molar-refractivity contribution is 0.0611. The molecule has 7 heteroatoms. The standard InChI is InChI=1S/C15H21F2N3O.ClH/c1-15(2,18)10-19-5-7-20(8-6-19)14(21)12-4-3-11(16)9-13(12)17;/h3-4,9H,5-8,10,18H2,1-2H3;1H. The SMILES string of the molecule is CC(C)(N)CN1CCN(C(=O)c2ccc(F)cc2F)CC1.Cl. The molecule has 1 aromatic rings. The minimum atomic E-state index is -0.814. The number of amides is 1. The number of carbonyl (C=O) groups is 1. The Balaban J connectivity index is 0.00000242. The summed E-state index contributed by atoms with van der Waals surface area (Å²) in [5.41, 5.74) is 5.62. The number of benzene rings is 1. The van der Waals surface area contributed by atoms with Gasteiger partial charge in [0.1, 0.15) is 11.6 Å². The molecule has 2 N–H and O–H groups in total. The van der Waals surface area contributed by atoms with Gasteiger partial charge in [-0.25, -0.2) is 8.78 Å². The first-order valence-corrected chi connectivity index (χ1v) is 7.02. The number of hydrogen-bond acceptors (Lipinski definition) is 3. The van der Waals surface area contributed by atoms with Crippen LogP contribution in [0.4, 0.5) is 8.78 Å². The Kier molecular flexibility index (Phi) is 6.28. The van der Waals surface area contributed by atoms with Crippen LogP contribution < -0.4 is 5.73 Å². The van der Waals surface area contributed by atoms with E-state index in [1.54, 1.807) is 4.90 Å². The van der Waals surface area contributed by atoms with Gasteiger partial charge in [-0.1, -0.05) is 0 Å². The van der Waals surface area contributed by atoms with Gasteiger partial charge in [-0.15, -0.1) is 12.4 Å². The Labute approximate surface area is 135 Å². The van der Waals surface area contributed by atoms with Gasteiger partial charge in [0.15, 0.2) is 0 Å². The van der Waals surface area contributed by atoms with Crippen molar-refractivity contribution in [3.63, 3.8) is 0 Å². The summed E-state index contributed by atoms with van der Waals surface area (Å²) in [7, 11) is 0. The predicted molar refractivity (Wildman–Crippen MR) is 84.2 cm³/mol. The average Bonchev–Trinajstić information content (AvgIpc) is 2.37. The summed E-state index contributed by atoms with van der Waals surface area (Å²) in [6.07, 6.45) is 0. The van der Waals surface area contributed by atoms with Gasteiger partial charge in [0.25, 0.3) is 5.91 Å². The van der Waals surface area contributed by atoms with E-state index in [4.69, 9.17) is 5.73 Å². The molecule has 0 bridgehead atoms. The summed E-state index contributed by atoms with van der Waals surface area (Å²) in [5, 5.41) is 0. The van der Waals surface area contributed by atoms with E-state index >= 15 is 0 Å². The van der Waals surface area contributed by atoms with Crippen LogP contribution in [0.2, 0.25) is 0 Å². The van der Waals surface area contributed by atoms with Crippen LogP contribution in [0.1, 0.15) is 24.2 Å². The maximum Gasteiger partial charge on any atom is 0.256 e. The van der Waals surface area contributed by atoms with E-state index in [0.717, 1.165) is 18.7 Å². The first kappa shape index (κ1) is 18.8. The fourth-order valence-electron chi connectivity index (χ4n) is 2.52. The van der Waals surface area contributed by atoms with Crippen LogP contribution in [0.3, 0.4) is 0 Å². The normalized spacial score (nSPS) is 16.3. The maximum atomic E-state index is 13.6. The topological polar surface area (TPSA) is 49.6 Å². The van der Waals surface area contributed by atoms with Crippen molar-refractivity contribution < 1.29 is 13.6 Å². The van der Waals surface area contributed by atoms with Crippen LogP contribution in [-0.4, -0.2) is 54.0 Å². The molecule has 0 aliphatic carbocycles. The third-order valence-electron chi connectivity index (χ3n) is 3.45. The van der Waals surface area contributed by atoms with E-state index < -0.39 is 11.6 Å². The van der Waals surface area contributed by atoms with Gasteiger partial charge in [-0.05, 0) is 26.0 Å². The van der Waals surface area contributed by atoms with E-state index in [2.05, 4.69) is 4.90 Å². The quantitative estimate of drug-likeness (QED) is 0.919. The summed E-state index contributed by atoms with van der Waals surface area (Å²) < 4.78 is 26.5. The fourth-order valence-corrected chi connectivity index (χ4v) is 2.52. The minimum Gasteiger partial charge on any atom is -0.336 e. The van der Waals surface area contributed by atoms with Crippen molar-refractivity contribution in [3.8, 4) is 0 Å². The first-order chi connectivity index (χ1) is 9.76. The Bertz CT molecular complexity index is 526. The Morgan fingerprint density at radius 3 is 2.32 bits per heavy atom. The minimum absolute atomic E-state index is 0. The summed E-state index contributed by atoms with van der Waals surface area (Å²) in [6, 6.07) is 3.03. The molecule has 1 aromatic carbocycles. The molecule has 1 fully saturated rings. The second-order valence-electron chi connectivity index (χ2n) is 6.18. The van der Waals surface area contributed by atoms with Crippen LogP contribution >= 0.6 is 12.4 Å². The van der Waals surface area contributed by atoms with Gasteiger partial charge in [0, 0.05) is 44.3 Å². The highest BCUT2D eigenvalue weighted by molar-refractivity contribution is 5.94. The highest BCUT2D eigenvalue weighted by Crippen LogP contribution is 2.14. The molecule has 4 nitrogen and oxygen atoms in total. The van der Waals surface area contributed by atoms with E-state index in [1.807, 2.05) is 13.8 Å². The van der Waals surface area contributed by atoms with Crippen molar-refractivity contribution in [1.29, 1.82) is 0 Å². The zero-order valence-electron chi connectivity index (χ0n) is 12.8. The molecule has 0 saturated carbocycles. The Morgan fingerprint density at radius 2 is 1.82 bits per heavy atom. The molecule has 0 atom stereocenters. The molecule has 0 radical (unpaired) electrons. The molecule has 1 aliphatic rings. The first-order valence-electron chi connectivity index (χ1n) is 7.02. The van der Waals surface area contributed by atoms with Gasteiger partial charge >= 0.3 is 0 Å². The number of piperazine rings is 1. The number of hydrogen-bond donors (Lipinski definition) is 1. The molecule has 1 aliphatic heterocycles. The number of halogens is 3. The summed E-state index contributed by atoms with van der Waals surface area (Å²) >= 11 is 0. The number of nitrogens with zero attached hydrogens (tertiary/aromatic N) is 2. The zero-order valence-corrected chi connectivity index (χ0v) is 13.6. The van der Waals surface area contributed by atoms with Crippen molar-refractivity contribution in [2.24, 2.45) is 5.73 Å². The Morgan fingerprint density at radius 1 is 1.23 bits per heavy atom. The summed E-state index contributed by atoms with van der Waals surface area (Å²) in [5.74, 6) is -1.89. The van der Waals surface area contributed by atoms with Crippen LogP contribution in [0.15, 0.2) is 18.2 Å². The highest BCUT2D eigenvalue weighted by atomic mass is 35.5. The van der Waals surface area contributed by atoms with Crippen molar-refractivity contribution in [1.82, 2.24) is 9.80 Å². The fraction of sp³-hybridized carbons (Fsp3) is 0.533. The van der Waals surface area contributed by atoms with E-state index in [9.17, 15) is 13.6 Å². The van der Waals surface area contributed by atoms with Crippen LogP contribution in [0, 0.1) is 11.6 Å². The number of rotatable bonds is 3. The zero-order chi connectivity index (χ0) is 15.6. The number of carbonyl (C=O) groups excluding carboxylic acids is 1. The summed E-state index contributed by atoms with van der Waals surface area (Å²) in [4.78, 5) is 16.0. The average molecular weight is 334 g/mol. The molecular formula is C15H22ClF2N3O. The summed E-state index contributed by atoms with van der Waals surface area (Å²) in [6.45, 7) is 7.11. The van der Waals surface area contributed by atoms with Crippen LogP contribution in [0.25, 0.3) is 0 Å². The lowest BCUT2D eigenvalue weighted by Gasteiger charge is -2.37. The molecule has 1 saturated heterocycles. The Hall–Kier alpha value is -1.24. The molecular weight excluding hydrogens is 312 g/mol. The van der Waals surface area contributed by atoms with Crippen LogP contribution in [-0.2, 0) is 0 Å². The maximum absolute atomic E-state index is 13.6. The van der Waals surface area contributed by atoms with Gasteiger partial charge in [-0.3, -0.25) is 9.69 Å². The largest absolute Gasteiger partial charge is 0.336 e. The second-order valence-corrected chi connectivity index (χ2v) is 6.18. The van der Waals surface area contributed by atoms with Crippen molar-refractivity contribution in [2.75, 3.05) is 32.7 Å². The lowest BCUT2D eigenvalue weighted by Crippen LogP contribution is -2.54. The molecule has 124 valence electrons. The number of nitrogens with two attached hydrogens (primary N) is 1. The molecule has 1 amide bonds. The molecule has 22 heavy (non-hydrogen) atoms. The van der Waals surface area contributed by atoms with E-state index in [-0.39, 0.29) is 29.4 Å². The third-order valence-corrected chi connectivity index (χ3v) is 3.45. The monoisotopic (exact) mass is 333 g/mol. The van der Waals surface area contributed by atoms with Crippen molar-refractivity contribution in [2.45, 2.75) is 19.4 Å². The highest BCUT2D eigenvalue weighted by Gasteiger charge is 2.26. The van der Waals surface area contributed by atoms with E-state index in [0.29, 0.717) is 26.2 Å². The van der Waals surface area contributed by atoms with Gasteiger partial charge in [-0.2, -0.15) is 0 Å². The molecule has 0 unspecified atom stereocenters. The van der Waals surface area contributed by atoms with Gasteiger partial charge in [0.2, 0.25) is 0 Å². The molecule has 0 spiro atoms. The van der Waals surface area contributed by atoms with Crippen molar-refractivity contribution in [3.05, 3.63) is 35.4 Å². The van der Waals surface area contributed by atoms with Crippen LogP contribution in [0.5, 0.6) is 0 Å². The second kappa shape index (κ2) is 7.35. The molecule has 1 heterocycles. The smallest absolute Gasteiger partial charge is 0.256 e. The predicted octanol–water partition coefficient (Wildman–Crippen LogP) is 1.88. The molecule has 2 rings (SSSR count). The lowest BCUT2D eigenvalue weighted by atomic mass is 10.1.